The molecule has 0 aliphatic carbocycles. The summed E-state index contributed by atoms with van der Waals surface area (Å²) in [4.78, 5) is 34.0. The molecule has 1 aromatic carbocycles. The monoisotopic (exact) mass is 293 g/mol. The van der Waals surface area contributed by atoms with Gasteiger partial charge in [0.05, 0.1) is 11.3 Å². The molecule has 1 aliphatic heterocycles. The van der Waals surface area contributed by atoms with Crippen LogP contribution in [0.5, 0.6) is 0 Å². The SMILES string of the molecule is O=C(O)CC1CN(C(=O)NCc2cccc([N+](=O)[O-])c2)C1. The lowest BCUT2D eigenvalue weighted by molar-refractivity contribution is -0.384. The van der Waals surface area contributed by atoms with Crippen LogP contribution in [0.3, 0.4) is 0 Å². The van der Waals surface area contributed by atoms with Crippen molar-refractivity contribution < 1.29 is 19.6 Å². The number of carbonyl (C=O) groups excluding carboxylic acids is 1. The summed E-state index contributed by atoms with van der Waals surface area (Å²) in [7, 11) is 0. The molecule has 112 valence electrons. The van der Waals surface area contributed by atoms with Crippen molar-refractivity contribution in [2.24, 2.45) is 5.92 Å². The van der Waals surface area contributed by atoms with Crippen LogP contribution in [0, 0.1) is 16.0 Å². The van der Waals surface area contributed by atoms with Crippen molar-refractivity contribution in [3.05, 3.63) is 39.9 Å². The van der Waals surface area contributed by atoms with Gasteiger partial charge in [-0.15, -0.1) is 0 Å². The first-order chi connectivity index (χ1) is 9.95. The third kappa shape index (κ3) is 3.91. The third-order valence-electron chi connectivity index (χ3n) is 3.27. The summed E-state index contributed by atoms with van der Waals surface area (Å²) in [6.07, 6.45) is 0.0641. The largest absolute Gasteiger partial charge is 0.481 e. The molecule has 1 aromatic rings. The summed E-state index contributed by atoms with van der Waals surface area (Å²) in [6, 6.07) is 5.76. The van der Waals surface area contributed by atoms with Crippen LogP contribution in [-0.2, 0) is 11.3 Å². The summed E-state index contributed by atoms with van der Waals surface area (Å²) in [5.74, 6) is -0.859. The average molecular weight is 293 g/mol. The lowest BCUT2D eigenvalue weighted by Crippen LogP contribution is -2.54. The summed E-state index contributed by atoms with van der Waals surface area (Å²) >= 11 is 0. The zero-order valence-corrected chi connectivity index (χ0v) is 11.2. The van der Waals surface area contributed by atoms with Crippen molar-refractivity contribution in [2.75, 3.05) is 13.1 Å². The minimum atomic E-state index is -0.864. The van der Waals surface area contributed by atoms with E-state index in [9.17, 15) is 19.7 Å². The average Bonchev–Trinajstić information content (AvgIpc) is 2.39. The fourth-order valence-corrected chi connectivity index (χ4v) is 2.18. The summed E-state index contributed by atoms with van der Waals surface area (Å²) in [6.45, 7) is 1.04. The molecule has 21 heavy (non-hydrogen) atoms. The molecule has 0 radical (unpaired) electrons. The maximum Gasteiger partial charge on any atom is 0.317 e. The standard InChI is InChI=1S/C13H15N3O5/c17-12(18)5-10-7-15(8-10)13(19)14-6-9-2-1-3-11(4-9)16(20)21/h1-4,10H,5-8H2,(H,14,19)(H,17,18). The van der Waals surface area contributed by atoms with E-state index in [-0.39, 0.29) is 30.6 Å². The number of nitro benzene ring substituents is 1. The quantitative estimate of drug-likeness (QED) is 0.626. The number of carboxylic acid groups (broad SMARTS) is 1. The molecule has 1 heterocycles. The number of urea groups is 1. The predicted molar refractivity (Wildman–Crippen MR) is 72.6 cm³/mol. The molecule has 8 heteroatoms. The molecule has 0 saturated carbocycles. The minimum Gasteiger partial charge on any atom is -0.481 e. The zero-order valence-electron chi connectivity index (χ0n) is 11.2. The van der Waals surface area contributed by atoms with Gasteiger partial charge in [0.2, 0.25) is 0 Å². The first-order valence-electron chi connectivity index (χ1n) is 6.43. The number of carboxylic acids is 1. The summed E-state index contributed by atoms with van der Waals surface area (Å²) in [5.41, 5.74) is 0.618. The molecular formula is C13H15N3O5. The Hall–Kier alpha value is -2.64. The Morgan fingerprint density at radius 2 is 2.14 bits per heavy atom. The van der Waals surface area contributed by atoms with Crippen LogP contribution in [0.1, 0.15) is 12.0 Å². The molecular weight excluding hydrogens is 278 g/mol. The fraction of sp³-hybridized carbons (Fsp3) is 0.385. The van der Waals surface area contributed by atoms with Gasteiger partial charge in [0.15, 0.2) is 0 Å². The van der Waals surface area contributed by atoms with Gasteiger partial charge in [-0.3, -0.25) is 14.9 Å². The van der Waals surface area contributed by atoms with E-state index in [2.05, 4.69) is 5.32 Å². The van der Waals surface area contributed by atoms with Crippen molar-refractivity contribution in [1.29, 1.82) is 0 Å². The van der Waals surface area contributed by atoms with E-state index in [1.807, 2.05) is 0 Å². The number of amides is 2. The zero-order chi connectivity index (χ0) is 15.4. The molecule has 0 atom stereocenters. The van der Waals surface area contributed by atoms with Gasteiger partial charge in [-0.2, -0.15) is 0 Å². The number of nitrogens with one attached hydrogen (secondary N) is 1. The Balaban J connectivity index is 1.79. The highest BCUT2D eigenvalue weighted by Gasteiger charge is 2.31. The molecule has 2 N–H and O–H groups in total. The molecule has 2 amide bonds. The number of nitro groups is 1. The number of hydrogen-bond donors (Lipinski definition) is 2. The van der Waals surface area contributed by atoms with Crippen molar-refractivity contribution in [2.45, 2.75) is 13.0 Å². The summed E-state index contributed by atoms with van der Waals surface area (Å²) in [5, 5.41) is 21.9. The van der Waals surface area contributed by atoms with Gasteiger partial charge < -0.3 is 15.3 Å². The second-order valence-corrected chi connectivity index (χ2v) is 4.95. The van der Waals surface area contributed by atoms with Crippen LogP contribution in [0.4, 0.5) is 10.5 Å². The van der Waals surface area contributed by atoms with Gasteiger partial charge in [-0.05, 0) is 5.56 Å². The molecule has 0 bridgehead atoms. The van der Waals surface area contributed by atoms with Gasteiger partial charge in [0.25, 0.3) is 5.69 Å². The minimum absolute atomic E-state index is 0.00561. The van der Waals surface area contributed by atoms with Crippen molar-refractivity contribution in [3.63, 3.8) is 0 Å². The van der Waals surface area contributed by atoms with E-state index in [1.165, 1.54) is 17.0 Å². The van der Waals surface area contributed by atoms with Crippen molar-refractivity contribution in [1.82, 2.24) is 10.2 Å². The van der Waals surface area contributed by atoms with Crippen LogP contribution in [-0.4, -0.2) is 40.0 Å². The normalized spacial score (nSPS) is 14.4. The van der Waals surface area contributed by atoms with Gasteiger partial charge >= 0.3 is 12.0 Å². The Bertz CT molecular complexity index is 569. The van der Waals surface area contributed by atoms with E-state index in [0.717, 1.165) is 0 Å². The van der Waals surface area contributed by atoms with Crippen LogP contribution in [0.25, 0.3) is 0 Å². The highest BCUT2D eigenvalue weighted by Crippen LogP contribution is 2.19. The lowest BCUT2D eigenvalue weighted by atomic mass is 9.97. The maximum absolute atomic E-state index is 11.8. The van der Waals surface area contributed by atoms with Gasteiger partial charge in [0.1, 0.15) is 0 Å². The van der Waals surface area contributed by atoms with E-state index >= 15 is 0 Å². The van der Waals surface area contributed by atoms with Crippen LogP contribution < -0.4 is 5.32 Å². The van der Waals surface area contributed by atoms with E-state index in [1.54, 1.807) is 12.1 Å². The van der Waals surface area contributed by atoms with E-state index in [0.29, 0.717) is 18.7 Å². The number of likely N-dealkylation sites (tertiary alicyclic amines) is 1. The highest BCUT2D eigenvalue weighted by atomic mass is 16.6. The predicted octanol–water partition coefficient (Wildman–Crippen LogP) is 1.21. The molecule has 0 aromatic heterocycles. The molecule has 2 rings (SSSR count). The maximum atomic E-state index is 11.8. The molecule has 1 fully saturated rings. The molecule has 1 aliphatic rings. The Labute approximate surface area is 120 Å². The van der Waals surface area contributed by atoms with Gasteiger partial charge in [-0.1, -0.05) is 12.1 Å². The van der Waals surface area contributed by atoms with E-state index < -0.39 is 10.9 Å². The van der Waals surface area contributed by atoms with Crippen LogP contribution >= 0.6 is 0 Å². The second kappa shape index (κ2) is 6.21. The van der Waals surface area contributed by atoms with Crippen molar-refractivity contribution in [3.8, 4) is 0 Å². The Morgan fingerprint density at radius 3 is 2.76 bits per heavy atom. The second-order valence-electron chi connectivity index (χ2n) is 4.95. The smallest absolute Gasteiger partial charge is 0.317 e. The molecule has 0 spiro atoms. The Morgan fingerprint density at radius 1 is 1.43 bits per heavy atom. The number of aliphatic carboxylic acids is 1. The van der Waals surface area contributed by atoms with Crippen LogP contribution in [0.15, 0.2) is 24.3 Å². The molecule has 8 nitrogen and oxygen atoms in total. The number of benzene rings is 1. The Kier molecular flexibility index (Phi) is 4.36. The van der Waals surface area contributed by atoms with Gasteiger partial charge in [0, 0.05) is 37.7 Å². The first-order valence-corrected chi connectivity index (χ1v) is 6.43. The van der Waals surface area contributed by atoms with Gasteiger partial charge in [-0.25, -0.2) is 4.79 Å². The topological polar surface area (TPSA) is 113 Å². The number of non-ortho nitro benzene ring substituents is 1. The molecule has 1 saturated heterocycles. The molecule has 0 unspecified atom stereocenters. The fourth-order valence-electron chi connectivity index (χ4n) is 2.18. The highest BCUT2D eigenvalue weighted by molar-refractivity contribution is 5.75. The number of carbonyl (C=O) groups is 2. The van der Waals surface area contributed by atoms with Crippen LogP contribution in [0.2, 0.25) is 0 Å². The van der Waals surface area contributed by atoms with Crippen molar-refractivity contribution >= 4 is 17.7 Å². The number of rotatable bonds is 5. The third-order valence-corrected chi connectivity index (χ3v) is 3.27. The summed E-state index contributed by atoms with van der Waals surface area (Å²) < 4.78 is 0. The number of hydrogen-bond acceptors (Lipinski definition) is 4. The lowest BCUT2D eigenvalue weighted by Gasteiger charge is -2.38. The van der Waals surface area contributed by atoms with E-state index in [4.69, 9.17) is 5.11 Å². The number of nitrogens with zero attached hydrogens (tertiary/aromatic N) is 2. The first kappa shape index (κ1) is 14.8.